The van der Waals surface area contributed by atoms with Gasteiger partial charge in [-0.2, -0.15) is 0 Å². The van der Waals surface area contributed by atoms with E-state index in [1.807, 2.05) is 37.3 Å². The summed E-state index contributed by atoms with van der Waals surface area (Å²) < 4.78 is 2.07. The lowest BCUT2D eigenvalue weighted by Gasteiger charge is -2.08. The minimum Gasteiger partial charge on any atom is -0.507 e. The first-order chi connectivity index (χ1) is 9.60. The average Bonchev–Trinajstić information content (AvgIpc) is 2.79. The van der Waals surface area contributed by atoms with E-state index in [0.29, 0.717) is 5.02 Å². The van der Waals surface area contributed by atoms with Crippen LogP contribution in [0.1, 0.15) is 12.5 Å². The van der Waals surface area contributed by atoms with Gasteiger partial charge in [0.1, 0.15) is 11.6 Å². The summed E-state index contributed by atoms with van der Waals surface area (Å²) >= 11 is 6.07. The van der Waals surface area contributed by atoms with E-state index >= 15 is 0 Å². The molecule has 2 aromatic carbocycles. The molecule has 20 heavy (non-hydrogen) atoms. The van der Waals surface area contributed by atoms with Crippen molar-refractivity contribution in [1.82, 2.24) is 9.55 Å². The van der Waals surface area contributed by atoms with E-state index in [9.17, 15) is 5.11 Å². The fourth-order valence-electron chi connectivity index (χ4n) is 2.45. The minimum atomic E-state index is 0.242. The quantitative estimate of drug-likeness (QED) is 0.759. The third-order valence-corrected chi connectivity index (χ3v) is 3.65. The van der Waals surface area contributed by atoms with Gasteiger partial charge in [-0.1, -0.05) is 23.2 Å². The van der Waals surface area contributed by atoms with Crippen molar-refractivity contribution >= 4 is 22.6 Å². The number of hydrogen-bond acceptors (Lipinski definition) is 2. The highest BCUT2D eigenvalue weighted by atomic mass is 35.5. The molecule has 102 valence electrons. The van der Waals surface area contributed by atoms with Gasteiger partial charge in [0.25, 0.3) is 0 Å². The average molecular weight is 287 g/mol. The number of imidazole rings is 1. The second kappa shape index (κ2) is 4.84. The first-order valence-electron chi connectivity index (χ1n) is 6.56. The second-order valence-electron chi connectivity index (χ2n) is 4.83. The zero-order chi connectivity index (χ0) is 14.3. The van der Waals surface area contributed by atoms with Gasteiger partial charge in [-0.05, 0) is 44.2 Å². The van der Waals surface area contributed by atoms with Crippen LogP contribution in [0.15, 0.2) is 36.4 Å². The van der Waals surface area contributed by atoms with Crippen molar-refractivity contribution < 1.29 is 5.11 Å². The molecule has 0 aliphatic rings. The summed E-state index contributed by atoms with van der Waals surface area (Å²) in [5, 5.41) is 10.8. The Kier molecular flexibility index (Phi) is 3.14. The van der Waals surface area contributed by atoms with Crippen molar-refractivity contribution in [3.05, 3.63) is 47.0 Å². The molecule has 1 aromatic heterocycles. The summed E-state index contributed by atoms with van der Waals surface area (Å²) in [6.07, 6.45) is 0. The van der Waals surface area contributed by atoms with Gasteiger partial charge in [-0.3, -0.25) is 0 Å². The molecule has 1 heterocycles. The summed E-state index contributed by atoms with van der Waals surface area (Å²) in [7, 11) is 0. The van der Waals surface area contributed by atoms with Crippen molar-refractivity contribution in [3.63, 3.8) is 0 Å². The summed E-state index contributed by atoms with van der Waals surface area (Å²) in [5.74, 6) is 1.01. The molecular formula is C16H15ClN2O. The molecule has 0 spiro atoms. The van der Waals surface area contributed by atoms with Gasteiger partial charge in [0, 0.05) is 11.6 Å². The number of aryl methyl sites for hydroxylation is 2. The number of fused-ring (bicyclic) bond motifs is 1. The highest BCUT2D eigenvalue weighted by Crippen LogP contribution is 2.32. The van der Waals surface area contributed by atoms with Crippen LogP contribution in [0.3, 0.4) is 0 Å². The molecule has 4 heteroatoms. The number of aromatic nitrogens is 2. The maximum Gasteiger partial charge on any atom is 0.144 e. The molecule has 0 radical (unpaired) electrons. The molecule has 0 saturated heterocycles. The summed E-state index contributed by atoms with van der Waals surface area (Å²) in [5.41, 5.74) is 3.70. The lowest BCUT2D eigenvalue weighted by molar-refractivity contribution is 0.476. The Labute approximate surface area is 122 Å². The highest BCUT2D eigenvalue weighted by molar-refractivity contribution is 6.31. The summed E-state index contributed by atoms with van der Waals surface area (Å²) in [6, 6.07) is 11.2. The van der Waals surface area contributed by atoms with Gasteiger partial charge in [-0.15, -0.1) is 0 Å². The van der Waals surface area contributed by atoms with E-state index in [2.05, 4.69) is 16.5 Å². The molecule has 3 rings (SSSR count). The fraction of sp³-hybridized carbons (Fsp3) is 0.188. The first-order valence-corrected chi connectivity index (χ1v) is 6.93. The molecule has 3 nitrogen and oxygen atoms in total. The molecule has 0 aliphatic carbocycles. The van der Waals surface area contributed by atoms with Crippen LogP contribution < -0.4 is 0 Å². The Bertz CT molecular complexity index is 793. The van der Waals surface area contributed by atoms with Gasteiger partial charge < -0.3 is 9.67 Å². The first kappa shape index (κ1) is 13.0. The number of phenolic OH excluding ortho intramolecular Hbond substituents is 1. The molecular weight excluding hydrogens is 272 g/mol. The SMILES string of the molecule is CCn1c(-c2cc(C)ccc2O)nc2ccc(Cl)cc21. The molecule has 1 N–H and O–H groups in total. The van der Waals surface area contributed by atoms with Crippen molar-refractivity contribution in [3.8, 4) is 17.1 Å². The van der Waals surface area contributed by atoms with Crippen LogP contribution in [-0.2, 0) is 6.54 Å². The van der Waals surface area contributed by atoms with Crippen LogP contribution in [0.25, 0.3) is 22.4 Å². The number of nitrogens with zero attached hydrogens (tertiary/aromatic N) is 2. The van der Waals surface area contributed by atoms with E-state index in [0.717, 1.165) is 34.5 Å². The lowest BCUT2D eigenvalue weighted by atomic mass is 10.1. The Morgan fingerprint density at radius 1 is 1.20 bits per heavy atom. The van der Waals surface area contributed by atoms with Crippen LogP contribution in [0, 0.1) is 6.92 Å². The van der Waals surface area contributed by atoms with E-state index in [1.165, 1.54) is 0 Å². The topological polar surface area (TPSA) is 38.0 Å². The molecule has 0 bridgehead atoms. The molecule has 0 unspecified atom stereocenters. The fourth-order valence-corrected chi connectivity index (χ4v) is 2.62. The van der Waals surface area contributed by atoms with Crippen molar-refractivity contribution in [2.75, 3.05) is 0 Å². The second-order valence-corrected chi connectivity index (χ2v) is 5.27. The summed E-state index contributed by atoms with van der Waals surface area (Å²) in [4.78, 5) is 4.64. The molecule has 0 saturated carbocycles. The monoisotopic (exact) mass is 286 g/mol. The maximum absolute atomic E-state index is 10.1. The van der Waals surface area contributed by atoms with Gasteiger partial charge in [-0.25, -0.2) is 4.98 Å². The molecule has 3 aromatic rings. The van der Waals surface area contributed by atoms with Gasteiger partial charge in [0.2, 0.25) is 0 Å². The Hall–Kier alpha value is -2.00. The van der Waals surface area contributed by atoms with E-state index in [-0.39, 0.29) is 5.75 Å². The van der Waals surface area contributed by atoms with E-state index in [1.54, 1.807) is 6.07 Å². The normalized spacial score (nSPS) is 11.2. The van der Waals surface area contributed by atoms with Crippen LogP contribution in [0.2, 0.25) is 5.02 Å². The molecule has 0 aliphatic heterocycles. The standard InChI is InChI=1S/C16H15ClN2O/c1-3-19-14-9-11(17)5-6-13(14)18-16(19)12-8-10(2)4-7-15(12)20/h4-9,20H,3H2,1-2H3. The van der Waals surface area contributed by atoms with E-state index < -0.39 is 0 Å². The number of hydrogen-bond donors (Lipinski definition) is 1. The van der Waals surface area contributed by atoms with Crippen LogP contribution >= 0.6 is 11.6 Å². The van der Waals surface area contributed by atoms with Gasteiger partial charge in [0.15, 0.2) is 0 Å². The number of rotatable bonds is 2. The number of aromatic hydroxyl groups is 1. The smallest absolute Gasteiger partial charge is 0.144 e. The predicted molar refractivity (Wildman–Crippen MR) is 82.3 cm³/mol. The number of benzene rings is 2. The largest absolute Gasteiger partial charge is 0.507 e. The highest BCUT2D eigenvalue weighted by Gasteiger charge is 2.15. The van der Waals surface area contributed by atoms with Crippen molar-refractivity contribution in [2.45, 2.75) is 20.4 Å². The maximum atomic E-state index is 10.1. The van der Waals surface area contributed by atoms with Crippen molar-refractivity contribution in [2.24, 2.45) is 0 Å². The molecule has 0 atom stereocenters. The predicted octanol–water partition coefficient (Wildman–Crippen LogP) is 4.39. The Balaban J connectivity index is 2.33. The zero-order valence-corrected chi connectivity index (χ0v) is 12.1. The van der Waals surface area contributed by atoms with Crippen LogP contribution in [0.4, 0.5) is 0 Å². The molecule has 0 amide bonds. The van der Waals surface area contributed by atoms with Gasteiger partial charge >= 0.3 is 0 Å². The number of halogens is 1. The third kappa shape index (κ3) is 2.04. The van der Waals surface area contributed by atoms with Crippen molar-refractivity contribution in [1.29, 1.82) is 0 Å². The minimum absolute atomic E-state index is 0.242. The van der Waals surface area contributed by atoms with Gasteiger partial charge in [0.05, 0.1) is 16.6 Å². The lowest BCUT2D eigenvalue weighted by Crippen LogP contribution is -1.98. The Morgan fingerprint density at radius 2 is 2.00 bits per heavy atom. The van der Waals surface area contributed by atoms with Crippen LogP contribution in [-0.4, -0.2) is 14.7 Å². The number of phenols is 1. The summed E-state index contributed by atoms with van der Waals surface area (Å²) in [6.45, 7) is 4.82. The molecule has 0 fully saturated rings. The zero-order valence-electron chi connectivity index (χ0n) is 11.4. The van der Waals surface area contributed by atoms with Crippen LogP contribution in [0.5, 0.6) is 5.75 Å². The Morgan fingerprint density at radius 3 is 2.75 bits per heavy atom. The third-order valence-electron chi connectivity index (χ3n) is 3.42. The van der Waals surface area contributed by atoms with E-state index in [4.69, 9.17) is 11.6 Å².